The van der Waals surface area contributed by atoms with Gasteiger partial charge in [0.1, 0.15) is 31.8 Å². The maximum absolute atomic E-state index is 12.3. The van der Waals surface area contributed by atoms with Crippen LogP contribution in [0.1, 0.15) is 27.7 Å². The van der Waals surface area contributed by atoms with Gasteiger partial charge < -0.3 is 37.9 Å². The maximum atomic E-state index is 12.3. The van der Waals surface area contributed by atoms with Crippen molar-refractivity contribution in [2.75, 3.05) is 52.9 Å². The zero-order chi connectivity index (χ0) is 28.4. The third-order valence-corrected chi connectivity index (χ3v) is 4.22. The second-order valence-corrected chi connectivity index (χ2v) is 7.23. The van der Waals surface area contributed by atoms with Crippen molar-refractivity contribution in [1.82, 2.24) is 0 Å². The lowest BCUT2D eigenvalue weighted by Crippen LogP contribution is -2.44. The highest BCUT2D eigenvalue weighted by Gasteiger charge is 2.39. The summed E-state index contributed by atoms with van der Waals surface area (Å²) in [6.45, 7) is 18.8. The van der Waals surface area contributed by atoms with Gasteiger partial charge in [0.05, 0.1) is 26.4 Å². The van der Waals surface area contributed by atoms with E-state index in [-0.39, 0.29) is 49.5 Å². The molecule has 0 rings (SSSR count). The summed E-state index contributed by atoms with van der Waals surface area (Å²) in [7, 11) is 0. The number of esters is 4. The zero-order valence-corrected chi connectivity index (χ0v) is 21.9. The minimum atomic E-state index is -1.60. The van der Waals surface area contributed by atoms with E-state index in [4.69, 9.17) is 37.9 Å². The molecule has 0 aliphatic heterocycles. The first-order valence-corrected chi connectivity index (χ1v) is 11.4. The quantitative estimate of drug-likeness (QED) is 0.0990. The van der Waals surface area contributed by atoms with E-state index in [9.17, 15) is 19.2 Å². The van der Waals surface area contributed by atoms with Gasteiger partial charge in [-0.15, -0.1) is 0 Å². The third kappa shape index (κ3) is 12.5. The topological polar surface area (TPSA) is 142 Å². The zero-order valence-electron chi connectivity index (χ0n) is 21.9. The van der Waals surface area contributed by atoms with Crippen molar-refractivity contribution in [3.8, 4) is 0 Å². The molecule has 12 nitrogen and oxygen atoms in total. The van der Waals surface area contributed by atoms with E-state index in [0.717, 1.165) is 0 Å². The van der Waals surface area contributed by atoms with Crippen LogP contribution in [0, 0.1) is 5.41 Å². The van der Waals surface area contributed by atoms with Gasteiger partial charge in [-0.25, -0.2) is 19.2 Å². The Bertz CT molecular complexity index is 716. The van der Waals surface area contributed by atoms with Gasteiger partial charge in [-0.3, -0.25) is 0 Å². The van der Waals surface area contributed by atoms with Gasteiger partial charge in [-0.2, -0.15) is 0 Å². The van der Waals surface area contributed by atoms with Crippen LogP contribution in [0.3, 0.4) is 0 Å². The Labute approximate surface area is 216 Å². The largest absolute Gasteiger partial charge is 0.487 e. The van der Waals surface area contributed by atoms with Crippen molar-refractivity contribution in [2.45, 2.75) is 27.7 Å². The molecule has 0 amide bonds. The molecule has 0 radical (unpaired) electrons. The predicted molar refractivity (Wildman–Crippen MR) is 129 cm³/mol. The molecule has 0 aromatic heterocycles. The first kappa shape index (κ1) is 33.0. The van der Waals surface area contributed by atoms with Crippen LogP contribution >= 0.6 is 0 Å². The molecule has 0 saturated heterocycles. The molecule has 0 fully saturated rings. The lowest BCUT2D eigenvalue weighted by molar-refractivity contribution is -0.170. The average Bonchev–Trinajstić information content (AvgIpc) is 2.87. The monoisotopic (exact) mass is 528 g/mol. The van der Waals surface area contributed by atoms with Crippen molar-refractivity contribution >= 4 is 23.9 Å². The summed E-state index contributed by atoms with van der Waals surface area (Å²) in [5, 5.41) is 0. The Balaban J connectivity index is 5.97. The third-order valence-electron chi connectivity index (χ3n) is 4.22. The Morgan fingerprint density at radius 2 is 0.622 bits per heavy atom. The van der Waals surface area contributed by atoms with E-state index in [1.807, 2.05) is 0 Å². The average molecular weight is 529 g/mol. The minimum absolute atomic E-state index is 0.157. The molecular formula is C25H36O12. The molecule has 0 spiro atoms. The first-order valence-electron chi connectivity index (χ1n) is 11.4. The van der Waals surface area contributed by atoms with Crippen LogP contribution in [0.5, 0.6) is 0 Å². The number of ether oxygens (including phenoxy) is 8. The molecule has 12 heteroatoms. The van der Waals surface area contributed by atoms with Gasteiger partial charge in [-0.1, -0.05) is 0 Å². The second kappa shape index (κ2) is 17.5. The normalized spacial score (nSPS) is 10.3. The molecule has 0 bridgehead atoms. The number of hydrogen-bond acceptors (Lipinski definition) is 12. The maximum Gasteiger partial charge on any atom is 0.372 e. The smallest absolute Gasteiger partial charge is 0.372 e. The Hall–Kier alpha value is -3.96. The van der Waals surface area contributed by atoms with Crippen molar-refractivity contribution < 1.29 is 57.1 Å². The highest BCUT2D eigenvalue weighted by atomic mass is 16.6. The molecule has 0 aromatic carbocycles. The van der Waals surface area contributed by atoms with E-state index in [0.29, 0.717) is 0 Å². The van der Waals surface area contributed by atoms with E-state index >= 15 is 0 Å². The number of carbonyl (C=O) groups is 4. The van der Waals surface area contributed by atoms with Gasteiger partial charge >= 0.3 is 23.9 Å². The Morgan fingerprint density at radius 3 is 0.784 bits per heavy atom. The number of rotatable bonds is 20. The van der Waals surface area contributed by atoms with Crippen LogP contribution in [0.25, 0.3) is 0 Å². The van der Waals surface area contributed by atoms with Crippen molar-refractivity contribution in [3.05, 3.63) is 49.4 Å². The van der Waals surface area contributed by atoms with Gasteiger partial charge in [0.15, 0.2) is 23.0 Å². The van der Waals surface area contributed by atoms with E-state index in [1.54, 1.807) is 27.7 Å². The Kier molecular flexibility index (Phi) is 15.6. The summed E-state index contributed by atoms with van der Waals surface area (Å²) < 4.78 is 41.1. The van der Waals surface area contributed by atoms with Gasteiger partial charge in [0, 0.05) is 0 Å². The molecule has 37 heavy (non-hydrogen) atoms. The highest BCUT2D eigenvalue weighted by molar-refractivity contribution is 5.87. The molecule has 0 aliphatic carbocycles. The summed E-state index contributed by atoms with van der Waals surface area (Å²) in [4.78, 5) is 49.2. The van der Waals surface area contributed by atoms with Crippen molar-refractivity contribution in [3.63, 3.8) is 0 Å². The number of carbonyl (C=O) groups excluding carboxylic acids is 4. The standard InChI is InChI=1S/C25H36O12/c1-9-30-17(5)21(26)34-13-25(14-35-22(27)18(6)31-10-2,15-36-23(28)19(7)32-11-3)16-37-24(29)20(8)33-12-4/h5-16H2,1-4H3. The van der Waals surface area contributed by atoms with Crippen LogP contribution in [0.2, 0.25) is 0 Å². The molecule has 208 valence electrons. The SMILES string of the molecule is C=C(OCC)C(=O)OCC(COC(=O)C(=C)OCC)(COC(=O)C(=C)OCC)COC(=O)C(=C)OCC. The van der Waals surface area contributed by atoms with E-state index in [1.165, 1.54) is 0 Å². The fourth-order valence-corrected chi connectivity index (χ4v) is 2.38. The Morgan fingerprint density at radius 1 is 0.432 bits per heavy atom. The van der Waals surface area contributed by atoms with Crippen LogP contribution in [-0.2, 0) is 57.1 Å². The molecule has 0 aromatic rings. The van der Waals surface area contributed by atoms with Crippen molar-refractivity contribution in [1.29, 1.82) is 0 Å². The summed E-state index contributed by atoms with van der Waals surface area (Å²) >= 11 is 0. The fourth-order valence-electron chi connectivity index (χ4n) is 2.38. The van der Waals surface area contributed by atoms with E-state index in [2.05, 4.69) is 26.3 Å². The second-order valence-electron chi connectivity index (χ2n) is 7.23. The van der Waals surface area contributed by atoms with Crippen LogP contribution < -0.4 is 0 Å². The minimum Gasteiger partial charge on any atom is -0.487 e. The van der Waals surface area contributed by atoms with Crippen LogP contribution in [-0.4, -0.2) is 76.7 Å². The summed E-state index contributed by atoms with van der Waals surface area (Å²) in [6, 6.07) is 0. The highest BCUT2D eigenvalue weighted by Crippen LogP contribution is 2.23. The van der Waals surface area contributed by atoms with Crippen LogP contribution in [0.15, 0.2) is 49.4 Å². The van der Waals surface area contributed by atoms with Gasteiger partial charge in [0.2, 0.25) is 0 Å². The molecule has 0 N–H and O–H groups in total. The predicted octanol–water partition coefficient (Wildman–Crippen LogP) is 2.35. The van der Waals surface area contributed by atoms with Gasteiger partial charge in [-0.05, 0) is 54.0 Å². The first-order chi connectivity index (χ1) is 17.5. The summed E-state index contributed by atoms with van der Waals surface area (Å²) in [5.74, 6) is -4.92. The lowest BCUT2D eigenvalue weighted by Gasteiger charge is -2.31. The molecular weight excluding hydrogens is 492 g/mol. The van der Waals surface area contributed by atoms with Gasteiger partial charge in [0.25, 0.3) is 0 Å². The number of hydrogen-bond donors (Lipinski definition) is 0. The lowest BCUT2D eigenvalue weighted by atomic mass is 9.92. The fraction of sp³-hybridized carbons (Fsp3) is 0.520. The van der Waals surface area contributed by atoms with Crippen LogP contribution in [0.4, 0.5) is 0 Å². The van der Waals surface area contributed by atoms with Crippen molar-refractivity contribution in [2.24, 2.45) is 5.41 Å². The molecule has 0 unspecified atom stereocenters. The molecule has 0 heterocycles. The summed E-state index contributed by atoms with van der Waals surface area (Å²) in [5.41, 5.74) is -1.60. The summed E-state index contributed by atoms with van der Waals surface area (Å²) in [6.07, 6.45) is 0. The molecule has 0 saturated carbocycles. The molecule has 0 atom stereocenters. The molecule has 0 aliphatic rings. The van der Waals surface area contributed by atoms with E-state index < -0.39 is 55.7 Å².